The molecule has 0 unspecified atom stereocenters. The molecular weight excluding hydrogens is 339 g/mol. The van der Waals surface area contributed by atoms with Crippen LogP contribution in [0.5, 0.6) is 0 Å². The number of sulfonamides is 1. The number of hydrogen-bond acceptors (Lipinski definition) is 2. The Bertz CT molecular complexity index is 782. The van der Waals surface area contributed by atoms with Crippen LogP contribution in [0, 0.1) is 6.92 Å². The normalized spacial score (nSPS) is 13.7. The van der Waals surface area contributed by atoms with Gasteiger partial charge in [0.05, 0.1) is 10.5 Å². The van der Waals surface area contributed by atoms with Gasteiger partial charge >= 0.3 is 6.18 Å². The predicted octanol–water partition coefficient (Wildman–Crippen LogP) is 4.44. The zero-order chi connectivity index (χ0) is 18.0. The number of alkyl halides is 3. The number of nitrogens with one attached hydrogen (secondary N) is 1. The first-order chi connectivity index (χ1) is 11.1. The first-order valence-corrected chi connectivity index (χ1v) is 8.88. The summed E-state index contributed by atoms with van der Waals surface area (Å²) in [6.45, 7) is 3.61. The van der Waals surface area contributed by atoms with Crippen LogP contribution in [0.25, 0.3) is 0 Å². The SMILES string of the molecule is CC[C@H](NS(=O)(=O)c1ccc(C)cc1)c1ccc(C(F)(F)F)cc1. The fraction of sp³-hybridized carbons (Fsp3) is 0.294. The molecule has 0 heterocycles. The molecule has 0 spiro atoms. The Kier molecular flexibility index (Phi) is 5.35. The lowest BCUT2D eigenvalue weighted by Gasteiger charge is -2.18. The quantitative estimate of drug-likeness (QED) is 0.860. The maximum atomic E-state index is 12.6. The molecule has 0 bridgehead atoms. The molecular formula is C17H18F3NO2S. The molecule has 2 aromatic carbocycles. The maximum absolute atomic E-state index is 12.6. The number of benzene rings is 2. The van der Waals surface area contributed by atoms with Crippen molar-refractivity contribution in [3.05, 3.63) is 65.2 Å². The zero-order valence-corrected chi connectivity index (χ0v) is 14.1. The van der Waals surface area contributed by atoms with Gasteiger partial charge in [0.1, 0.15) is 0 Å². The van der Waals surface area contributed by atoms with Gasteiger partial charge in [-0.1, -0.05) is 36.8 Å². The molecule has 0 aromatic heterocycles. The predicted molar refractivity (Wildman–Crippen MR) is 86.0 cm³/mol. The molecule has 130 valence electrons. The molecule has 0 aliphatic rings. The summed E-state index contributed by atoms with van der Waals surface area (Å²) in [6.07, 6.45) is -4.00. The van der Waals surface area contributed by atoms with Crippen molar-refractivity contribution in [2.75, 3.05) is 0 Å². The van der Waals surface area contributed by atoms with Gasteiger partial charge in [0.25, 0.3) is 0 Å². The van der Waals surface area contributed by atoms with Gasteiger partial charge in [0.2, 0.25) is 10.0 Å². The minimum absolute atomic E-state index is 0.124. The van der Waals surface area contributed by atoms with Gasteiger partial charge in [-0.3, -0.25) is 0 Å². The topological polar surface area (TPSA) is 46.2 Å². The Morgan fingerprint density at radius 3 is 2.00 bits per heavy atom. The lowest BCUT2D eigenvalue weighted by Crippen LogP contribution is -2.28. The monoisotopic (exact) mass is 357 g/mol. The van der Waals surface area contributed by atoms with Gasteiger partial charge in [-0.05, 0) is 43.2 Å². The number of hydrogen-bond donors (Lipinski definition) is 1. The van der Waals surface area contributed by atoms with Crippen molar-refractivity contribution in [1.82, 2.24) is 4.72 Å². The van der Waals surface area contributed by atoms with Crippen LogP contribution >= 0.6 is 0 Å². The first-order valence-electron chi connectivity index (χ1n) is 7.39. The second-order valence-corrected chi connectivity index (χ2v) is 7.23. The van der Waals surface area contributed by atoms with E-state index in [2.05, 4.69) is 4.72 Å². The van der Waals surface area contributed by atoms with Crippen molar-refractivity contribution >= 4 is 10.0 Å². The van der Waals surface area contributed by atoms with Crippen molar-refractivity contribution in [3.63, 3.8) is 0 Å². The largest absolute Gasteiger partial charge is 0.416 e. The van der Waals surface area contributed by atoms with E-state index in [9.17, 15) is 21.6 Å². The van der Waals surface area contributed by atoms with Crippen LogP contribution in [0.3, 0.4) is 0 Å². The van der Waals surface area contributed by atoms with E-state index < -0.39 is 27.8 Å². The van der Waals surface area contributed by atoms with Gasteiger partial charge in [-0.2, -0.15) is 13.2 Å². The summed E-state index contributed by atoms with van der Waals surface area (Å²) in [5.74, 6) is 0. The van der Waals surface area contributed by atoms with Gasteiger partial charge in [0.15, 0.2) is 0 Å². The lowest BCUT2D eigenvalue weighted by atomic mass is 10.0. The highest BCUT2D eigenvalue weighted by Crippen LogP contribution is 2.30. The summed E-state index contributed by atoms with van der Waals surface area (Å²) in [6, 6.07) is 10.3. The van der Waals surface area contributed by atoms with Crippen LogP contribution in [0.2, 0.25) is 0 Å². The lowest BCUT2D eigenvalue weighted by molar-refractivity contribution is -0.137. The fourth-order valence-corrected chi connectivity index (χ4v) is 3.57. The highest BCUT2D eigenvalue weighted by Gasteiger charge is 2.30. The van der Waals surface area contributed by atoms with E-state index in [-0.39, 0.29) is 4.90 Å². The molecule has 1 N–H and O–H groups in total. The number of rotatable bonds is 5. The third-order valence-electron chi connectivity index (χ3n) is 3.68. The molecule has 0 fully saturated rings. The van der Waals surface area contributed by atoms with Crippen LogP contribution in [0.4, 0.5) is 13.2 Å². The highest BCUT2D eigenvalue weighted by molar-refractivity contribution is 7.89. The minimum Gasteiger partial charge on any atom is -0.207 e. The van der Waals surface area contributed by atoms with Crippen molar-refractivity contribution in [2.45, 2.75) is 37.4 Å². The molecule has 2 rings (SSSR count). The third kappa shape index (κ3) is 4.36. The van der Waals surface area contributed by atoms with Crippen LogP contribution in [0.15, 0.2) is 53.4 Å². The summed E-state index contributed by atoms with van der Waals surface area (Å²) >= 11 is 0. The molecule has 0 aliphatic carbocycles. The smallest absolute Gasteiger partial charge is 0.207 e. The van der Waals surface area contributed by atoms with Crippen LogP contribution in [-0.2, 0) is 16.2 Å². The Balaban J connectivity index is 2.24. The van der Waals surface area contributed by atoms with Gasteiger partial charge in [0, 0.05) is 6.04 Å². The van der Waals surface area contributed by atoms with Gasteiger partial charge in [-0.25, -0.2) is 13.1 Å². The molecule has 7 heteroatoms. The molecule has 2 aromatic rings. The molecule has 1 atom stereocenters. The van der Waals surface area contributed by atoms with E-state index in [0.29, 0.717) is 12.0 Å². The second kappa shape index (κ2) is 6.94. The van der Waals surface area contributed by atoms with Gasteiger partial charge < -0.3 is 0 Å². The number of halogens is 3. The average molecular weight is 357 g/mol. The second-order valence-electron chi connectivity index (χ2n) is 5.51. The minimum atomic E-state index is -4.42. The summed E-state index contributed by atoms with van der Waals surface area (Å²) in [7, 11) is -3.75. The highest BCUT2D eigenvalue weighted by atomic mass is 32.2. The Morgan fingerprint density at radius 1 is 1.00 bits per heavy atom. The summed E-state index contributed by atoms with van der Waals surface area (Å²) < 4.78 is 65.2. The molecule has 3 nitrogen and oxygen atoms in total. The summed E-state index contributed by atoms with van der Waals surface area (Å²) in [4.78, 5) is 0.124. The van der Waals surface area contributed by atoms with E-state index in [0.717, 1.165) is 17.7 Å². The Hall–Kier alpha value is -1.86. The molecule has 0 saturated heterocycles. The number of aryl methyl sites for hydroxylation is 1. The zero-order valence-electron chi connectivity index (χ0n) is 13.3. The first kappa shape index (κ1) is 18.5. The molecule has 0 aliphatic heterocycles. The summed E-state index contributed by atoms with van der Waals surface area (Å²) in [5.41, 5.74) is 0.660. The van der Waals surface area contributed by atoms with Crippen molar-refractivity contribution in [3.8, 4) is 0 Å². The van der Waals surface area contributed by atoms with E-state index in [1.807, 2.05) is 6.92 Å². The van der Waals surface area contributed by atoms with E-state index in [4.69, 9.17) is 0 Å². The molecule has 0 amide bonds. The van der Waals surface area contributed by atoms with Gasteiger partial charge in [-0.15, -0.1) is 0 Å². The van der Waals surface area contributed by atoms with E-state index in [1.165, 1.54) is 24.3 Å². The maximum Gasteiger partial charge on any atom is 0.416 e. The van der Waals surface area contributed by atoms with E-state index >= 15 is 0 Å². The van der Waals surface area contributed by atoms with Crippen molar-refractivity contribution in [2.24, 2.45) is 0 Å². The van der Waals surface area contributed by atoms with E-state index in [1.54, 1.807) is 19.1 Å². The van der Waals surface area contributed by atoms with Crippen LogP contribution in [0.1, 0.15) is 36.1 Å². The fourth-order valence-electron chi connectivity index (χ4n) is 2.26. The van der Waals surface area contributed by atoms with Crippen molar-refractivity contribution in [1.29, 1.82) is 0 Å². The average Bonchev–Trinajstić information content (AvgIpc) is 2.52. The van der Waals surface area contributed by atoms with Crippen LogP contribution in [-0.4, -0.2) is 8.42 Å². The summed E-state index contributed by atoms with van der Waals surface area (Å²) in [5, 5.41) is 0. The third-order valence-corrected chi connectivity index (χ3v) is 5.16. The molecule has 0 saturated carbocycles. The molecule has 24 heavy (non-hydrogen) atoms. The van der Waals surface area contributed by atoms with Crippen molar-refractivity contribution < 1.29 is 21.6 Å². The Labute approximate surface area is 139 Å². The Morgan fingerprint density at radius 2 is 1.54 bits per heavy atom. The standard InChI is InChI=1S/C17H18F3NO2S/c1-3-16(13-6-8-14(9-7-13)17(18,19)20)21-24(22,23)15-10-4-12(2)5-11-15/h4-11,16,21H,3H2,1-2H3/t16-/m0/s1. The molecule has 0 radical (unpaired) electrons. The van der Waals surface area contributed by atoms with Crippen LogP contribution < -0.4 is 4.72 Å².